The Morgan fingerprint density at radius 3 is 2.68 bits per heavy atom. The molecule has 3 heteroatoms. The molecule has 1 aromatic heterocycles. The molecule has 0 fully saturated rings. The Labute approximate surface area is 122 Å². The molecule has 0 amide bonds. The molecule has 1 heterocycles. The van der Waals surface area contributed by atoms with Crippen LogP contribution in [0.3, 0.4) is 0 Å². The van der Waals surface area contributed by atoms with E-state index in [-0.39, 0.29) is 5.92 Å². The highest BCUT2D eigenvalue weighted by atomic mass is 32.1. The number of hydrogen-bond acceptors (Lipinski definition) is 3. The second-order valence-electron chi connectivity index (χ2n) is 4.37. The van der Waals surface area contributed by atoms with E-state index in [4.69, 9.17) is 4.74 Å². The molecule has 3 rings (SSSR count). The van der Waals surface area contributed by atoms with Crippen molar-refractivity contribution in [2.45, 2.75) is 5.92 Å². The maximum absolute atomic E-state index is 5.49. The van der Waals surface area contributed by atoms with Crippen molar-refractivity contribution in [3.8, 4) is 5.75 Å². The number of thiol groups is 1. The van der Waals surface area contributed by atoms with Crippen LogP contribution in [0.1, 0.15) is 16.4 Å². The highest BCUT2D eigenvalue weighted by Gasteiger charge is 2.26. The van der Waals surface area contributed by atoms with Gasteiger partial charge in [-0.1, -0.05) is 36.4 Å². The SMILES string of the molecule is COc1ccccc1C1C(S)=CC=C1c1cccs1. The van der Waals surface area contributed by atoms with E-state index in [1.165, 1.54) is 16.0 Å². The second kappa shape index (κ2) is 5.27. The molecule has 1 nitrogen and oxygen atoms in total. The minimum absolute atomic E-state index is 0.179. The predicted octanol–water partition coefficient (Wildman–Crippen LogP) is 4.75. The molecule has 1 aromatic carbocycles. The molecule has 1 unspecified atom stereocenters. The summed E-state index contributed by atoms with van der Waals surface area (Å²) >= 11 is 6.39. The van der Waals surface area contributed by atoms with E-state index in [1.54, 1.807) is 18.4 Å². The van der Waals surface area contributed by atoms with Crippen molar-refractivity contribution in [2.24, 2.45) is 0 Å². The zero-order valence-electron chi connectivity index (χ0n) is 10.5. The first-order valence-corrected chi connectivity index (χ1v) is 7.41. The Hall–Kier alpha value is -1.45. The lowest BCUT2D eigenvalue weighted by atomic mass is 9.92. The molecule has 0 saturated heterocycles. The molecule has 0 bridgehead atoms. The smallest absolute Gasteiger partial charge is 0.123 e. The van der Waals surface area contributed by atoms with Crippen molar-refractivity contribution in [2.75, 3.05) is 7.11 Å². The van der Waals surface area contributed by atoms with Gasteiger partial charge in [-0.15, -0.1) is 24.0 Å². The van der Waals surface area contributed by atoms with E-state index < -0.39 is 0 Å². The maximum Gasteiger partial charge on any atom is 0.123 e. The lowest BCUT2D eigenvalue weighted by Crippen LogP contribution is -2.01. The third-order valence-electron chi connectivity index (χ3n) is 3.30. The highest BCUT2D eigenvalue weighted by molar-refractivity contribution is 7.84. The van der Waals surface area contributed by atoms with Gasteiger partial charge in [0.2, 0.25) is 0 Å². The fraction of sp³-hybridized carbons (Fsp3) is 0.125. The summed E-state index contributed by atoms with van der Waals surface area (Å²) in [4.78, 5) is 2.35. The molecule has 1 atom stereocenters. The molecule has 0 aliphatic heterocycles. The normalized spacial score (nSPS) is 18.1. The molecule has 0 spiro atoms. The van der Waals surface area contributed by atoms with Gasteiger partial charge in [0.25, 0.3) is 0 Å². The van der Waals surface area contributed by atoms with Crippen LogP contribution in [0.2, 0.25) is 0 Å². The number of methoxy groups -OCH3 is 1. The average Bonchev–Trinajstić information content (AvgIpc) is 3.07. The van der Waals surface area contributed by atoms with Crippen molar-refractivity contribution < 1.29 is 4.74 Å². The third kappa shape index (κ3) is 2.24. The summed E-state index contributed by atoms with van der Waals surface area (Å²) < 4.78 is 5.49. The standard InChI is InChI=1S/C16H14OS2/c1-17-13-6-3-2-5-11(13)16-12(8-9-14(16)18)15-7-4-10-19-15/h2-10,16,18H,1H3. The molecule has 2 aromatic rings. The Morgan fingerprint density at radius 1 is 1.11 bits per heavy atom. The molecular formula is C16H14OS2. The van der Waals surface area contributed by atoms with Crippen LogP contribution >= 0.6 is 24.0 Å². The summed E-state index contributed by atoms with van der Waals surface area (Å²) in [7, 11) is 1.71. The number of hydrogen-bond donors (Lipinski definition) is 1. The van der Waals surface area contributed by atoms with Crippen LogP contribution < -0.4 is 4.74 Å². The largest absolute Gasteiger partial charge is 0.496 e. The van der Waals surface area contributed by atoms with Gasteiger partial charge >= 0.3 is 0 Å². The van der Waals surface area contributed by atoms with E-state index in [9.17, 15) is 0 Å². The minimum Gasteiger partial charge on any atom is -0.496 e. The van der Waals surface area contributed by atoms with E-state index in [2.05, 4.69) is 48.4 Å². The fourth-order valence-electron chi connectivity index (χ4n) is 2.43. The van der Waals surface area contributed by atoms with E-state index in [0.29, 0.717) is 0 Å². The number of thiophene rings is 1. The molecule has 1 aliphatic carbocycles. The highest BCUT2D eigenvalue weighted by Crippen LogP contribution is 2.47. The summed E-state index contributed by atoms with van der Waals surface area (Å²) in [5.74, 6) is 1.09. The van der Waals surface area contributed by atoms with Gasteiger partial charge in [0.1, 0.15) is 5.75 Å². The Morgan fingerprint density at radius 2 is 1.95 bits per heavy atom. The number of rotatable bonds is 3. The first kappa shape index (κ1) is 12.6. The zero-order valence-corrected chi connectivity index (χ0v) is 12.2. The van der Waals surface area contributed by atoms with Crippen LogP contribution in [0.15, 0.2) is 58.8 Å². The summed E-state index contributed by atoms with van der Waals surface area (Å²) in [6.45, 7) is 0. The van der Waals surface area contributed by atoms with Gasteiger partial charge in [-0.3, -0.25) is 0 Å². The predicted molar refractivity (Wildman–Crippen MR) is 85.1 cm³/mol. The number of ether oxygens (including phenoxy) is 1. The van der Waals surface area contributed by atoms with Crippen LogP contribution in [0.4, 0.5) is 0 Å². The number of benzene rings is 1. The Bertz CT molecular complexity index is 639. The third-order valence-corrected chi connectivity index (χ3v) is 4.62. The molecule has 0 saturated carbocycles. The van der Waals surface area contributed by atoms with Crippen LogP contribution in [-0.2, 0) is 0 Å². The van der Waals surface area contributed by atoms with E-state index in [0.717, 1.165) is 10.7 Å². The average molecular weight is 286 g/mol. The fourth-order valence-corrected chi connectivity index (χ4v) is 3.56. The number of allylic oxidation sites excluding steroid dienone is 4. The maximum atomic E-state index is 5.49. The summed E-state index contributed by atoms with van der Waals surface area (Å²) in [6.07, 6.45) is 4.24. The van der Waals surface area contributed by atoms with E-state index >= 15 is 0 Å². The summed E-state index contributed by atoms with van der Waals surface area (Å²) in [5.41, 5.74) is 2.47. The quantitative estimate of drug-likeness (QED) is 0.801. The van der Waals surface area contributed by atoms with Crippen LogP contribution in [0, 0.1) is 0 Å². The summed E-state index contributed by atoms with van der Waals surface area (Å²) in [5, 5.41) is 2.10. The van der Waals surface area contributed by atoms with Crippen LogP contribution in [-0.4, -0.2) is 7.11 Å². The molecule has 19 heavy (non-hydrogen) atoms. The Balaban J connectivity index is 2.07. The second-order valence-corrected chi connectivity index (χ2v) is 5.83. The lowest BCUT2D eigenvalue weighted by molar-refractivity contribution is 0.410. The first-order valence-electron chi connectivity index (χ1n) is 6.09. The van der Waals surface area contributed by atoms with Gasteiger partial charge in [-0.2, -0.15) is 0 Å². The van der Waals surface area contributed by atoms with Gasteiger partial charge in [0, 0.05) is 16.4 Å². The molecule has 96 valence electrons. The lowest BCUT2D eigenvalue weighted by Gasteiger charge is -2.19. The monoisotopic (exact) mass is 286 g/mol. The summed E-state index contributed by atoms with van der Waals surface area (Å²) in [6, 6.07) is 12.4. The van der Waals surface area contributed by atoms with Gasteiger partial charge in [-0.25, -0.2) is 0 Å². The Kier molecular flexibility index (Phi) is 3.49. The molecule has 0 N–H and O–H groups in total. The van der Waals surface area contributed by atoms with Crippen LogP contribution in [0.25, 0.3) is 5.57 Å². The first-order chi connectivity index (χ1) is 9.31. The van der Waals surface area contributed by atoms with Gasteiger partial charge < -0.3 is 4.74 Å². The van der Waals surface area contributed by atoms with Crippen molar-refractivity contribution in [3.05, 3.63) is 69.3 Å². The van der Waals surface area contributed by atoms with Crippen LogP contribution in [0.5, 0.6) is 5.75 Å². The topological polar surface area (TPSA) is 9.23 Å². The molecule has 1 aliphatic rings. The molecular weight excluding hydrogens is 272 g/mol. The van der Waals surface area contributed by atoms with Gasteiger partial charge in [0.15, 0.2) is 0 Å². The van der Waals surface area contributed by atoms with Crippen molar-refractivity contribution in [3.63, 3.8) is 0 Å². The zero-order chi connectivity index (χ0) is 13.2. The van der Waals surface area contributed by atoms with Crippen molar-refractivity contribution >= 4 is 29.5 Å². The minimum atomic E-state index is 0.179. The van der Waals surface area contributed by atoms with Crippen molar-refractivity contribution in [1.82, 2.24) is 0 Å². The van der Waals surface area contributed by atoms with Gasteiger partial charge in [-0.05, 0) is 28.0 Å². The van der Waals surface area contributed by atoms with Gasteiger partial charge in [0.05, 0.1) is 7.11 Å². The van der Waals surface area contributed by atoms with E-state index in [1.807, 2.05) is 18.2 Å². The molecule has 0 radical (unpaired) electrons. The number of para-hydroxylation sites is 1. The van der Waals surface area contributed by atoms with Crippen molar-refractivity contribution in [1.29, 1.82) is 0 Å².